The van der Waals surface area contributed by atoms with Crippen LogP contribution in [0.3, 0.4) is 0 Å². The first-order valence-corrected chi connectivity index (χ1v) is 12.3. The van der Waals surface area contributed by atoms with E-state index in [1.54, 1.807) is 4.90 Å². The molecule has 1 fully saturated rings. The predicted molar refractivity (Wildman–Crippen MR) is 134 cm³/mol. The van der Waals surface area contributed by atoms with E-state index in [2.05, 4.69) is 24.3 Å². The number of benzene rings is 3. The van der Waals surface area contributed by atoms with Gasteiger partial charge in [0.25, 0.3) is 11.8 Å². The topological polar surface area (TPSA) is 37.4 Å². The van der Waals surface area contributed by atoms with Crippen LogP contribution < -0.4 is 0 Å². The summed E-state index contributed by atoms with van der Waals surface area (Å²) in [5.41, 5.74) is 6.52. The fraction of sp³-hybridized carbons (Fsp3) is 0.310. The lowest BCUT2D eigenvalue weighted by Crippen LogP contribution is -2.41. The van der Waals surface area contributed by atoms with Crippen LogP contribution in [0.1, 0.15) is 80.6 Å². The highest BCUT2D eigenvalue weighted by Gasteiger charge is 2.43. The minimum Gasteiger partial charge on any atom is -0.271 e. The van der Waals surface area contributed by atoms with E-state index in [1.165, 1.54) is 17.5 Å². The molecule has 0 spiro atoms. The van der Waals surface area contributed by atoms with E-state index >= 15 is 0 Å². The van der Waals surface area contributed by atoms with E-state index in [0.29, 0.717) is 28.9 Å². The number of hydrogen-bond donors (Lipinski definition) is 1. The largest absolute Gasteiger partial charge is 0.271 e. The van der Waals surface area contributed by atoms with Gasteiger partial charge in [0, 0.05) is 10.9 Å². The number of fused-ring (bicyclic) bond motifs is 1. The molecule has 3 nitrogen and oxygen atoms in total. The Labute approximate surface area is 201 Å². The molecule has 0 N–H and O–H groups in total. The Kier molecular flexibility index (Phi) is 6.11. The van der Waals surface area contributed by atoms with Crippen LogP contribution in [0.2, 0.25) is 0 Å². The van der Waals surface area contributed by atoms with Gasteiger partial charge in [0.1, 0.15) is 0 Å². The second-order valence-corrected chi connectivity index (χ2v) is 9.72. The first-order valence-electron chi connectivity index (χ1n) is 11.9. The Hall–Kier alpha value is -2.85. The van der Waals surface area contributed by atoms with Gasteiger partial charge >= 0.3 is 0 Å². The van der Waals surface area contributed by atoms with Crippen molar-refractivity contribution in [3.8, 4) is 0 Å². The number of hydrogen-bond acceptors (Lipinski definition) is 3. The van der Waals surface area contributed by atoms with Gasteiger partial charge in [-0.2, -0.15) is 0 Å². The highest BCUT2D eigenvalue weighted by Crippen LogP contribution is 2.40. The molecule has 0 bridgehead atoms. The molecule has 5 rings (SSSR count). The van der Waals surface area contributed by atoms with Crippen molar-refractivity contribution in [3.63, 3.8) is 0 Å². The lowest BCUT2D eigenvalue weighted by molar-refractivity contribution is 0.0547. The van der Waals surface area contributed by atoms with Gasteiger partial charge in [-0.1, -0.05) is 79.9 Å². The zero-order chi connectivity index (χ0) is 22.9. The van der Waals surface area contributed by atoms with Crippen molar-refractivity contribution in [3.05, 3.63) is 99.6 Å². The minimum absolute atomic E-state index is 0.00781. The van der Waals surface area contributed by atoms with Gasteiger partial charge in [-0.05, 0) is 60.4 Å². The Morgan fingerprint density at radius 1 is 0.758 bits per heavy atom. The summed E-state index contributed by atoms with van der Waals surface area (Å²) in [6.45, 7) is 2.01. The third kappa shape index (κ3) is 4.02. The standard InChI is InChI=1S/C29H29NO2S/c1-19-23(17-20-11-5-2-6-12-20)24(18-21-13-7-3-8-14-21)27(33)26-25(19)28(31)30(29(26)32)22-15-9-4-10-16-22/h2-3,5-8,11-14,22,33H,4,9-10,15-18H2,1H3. The second-order valence-electron chi connectivity index (χ2n) is 9.28. The summed E-state index contributed by atoms with van der Waals surface area (Å²) >= 11 is 4.92. The molecule has 0 aromatic heterocycles. The molecule has 2 amide bonds. The van der Waals surface area contributed by atoms with Crippen LogP contribution in [0, 0.1) is 6.92 Å². The van der Waals surface area contributed by atoms with E-state index < -0.39 is 0 Å². The summed E-state index contributed by atoms with van der Waals surface area (Å²) in [5, 5.41) is 0. The van der Waals surface area contributed by atoms with Crippen LogP contribution >= 0.6 is 12.6 Å². The molecule has 3 aromatic rings. The molecule has 1 heterocycles. The molecule has 1 aliphatic heterocycles. The summed E-state index contributed by atoms with van der Waals surface area (Å²) in [4.78, 5) is 29.5. The molecule has 2 aliphatic rings. The van der Waals surface area contributed by atoms with Crippen molar-refractivity contribution >= 4 is 24.4 Å². The zero-order valence-corrected chi connectivity index (χ0v) is 19.9. The molecule has 4 heteroatoms. The molecule has 0 radical (unpaired) electrons. The number of carbonyl (C=O) groups is 2. The third-order valence-corrected chi connectivity index (χ3v) is 7.71. The van der Waals surface area contributed by atoms with E-state index in [1.807, 2.05) is 43.3 Å². The maximum Gasteiger partial charge on any atom is 0.262 e. The minimum atomic E-state index is -0.157. The molecule has 0 atom stereocenters. The first-order chi connectivity index (χ1) is 16.1. The highest BCUT2D eigenvalue weighted by atomic mass is 32.1. The van der Waals surface area contributed by atoms with E-state index in [0.717, 1.165) is 42.4 Å². The van der Waals surface area contributed by atoms with Gasteiger partial charge in [-0.15, -0.1) is 12.6 Å². The van der Waals surface area contributed by atoms with Gasteiger partial charge < -0.3 is 0 Å². The number of thiol groups is 1. The van der Waals surface area contributed by atoms with E-state index in [4.69, 9.17) is 12.6 Å². The Morgan fingerprint density at radius 2 is 1.27 bits per heavy atom. The van der Waals surface area contributed by atoms with Crippen LogP contribution in [-0.4, -0.2) is 22.8 Å². The van der Waals surface area contributed by atoms with Crippen LogP contribution in [-0.2, 0) is 12.8 Å². The Morgan fingerprint density at radius 3 is 1.85 bits per heavy atom. The predicted octanol–water partition coefficient (Wildman–Crippen LogP) is 6.39. The third-order valence-electron chi connectivity index (χ3n) is 7.22. The summed E-state index contributed by atoms with van der Waals surface area (Å²) in [7, 11) is 0. The molecular weight excluding hydrogens is 426 g/mol. The quantitative estimate of drug-likeness (QED) is 0.357. The van der Waals surface area contributed by atoms with Crippen molar-refractivity contribution in [2.75, 3.05) is 0 Å². The lowest BCUT2D eigenvalue weighted by Gasteiger charge is -2.29. The fourth-order valence-electron chi connectivity index (χ4n) is 5.49. The maximum absolute atomic E-state index is 13.6. The number of imide groups is 1. The number of rotatable bonds is 5. The van der Waals surface area contributed by atoms with Crippen molar-refractivity contribution in [1.82, 2.24) is 4.90 Å². The fourth-order valence-corrected chi connectivity index (χ4v) is 5.91. The first kappa shape index (κ1) is 22.0. The molecule has 0 saturated heterocycles. The van der Waals surface area contributed by atoms with Crippen molar-refractivity contribution < 1.29 is 9.59 Å². The smallest absolute Gasteiger partial charge is 0.262 e. The lowest BCUT2D eigenvalue weighted by atomic mass is 9.87. The number of carbonyl (C=O) groups excluding carboxylic acids is 2. The van der Waals surface area contributed by atoms with Crippen molar-refractivity contribution in [2.45, 2.75) is 62.8 Å². The average Bonchev–Trinajstić information content (AvgIpc) is 3.11. The van der Waals surface area contributed by atoms with E-state index in [9.17, 15) is 9.59 Å². The average molecular weight is 456 g/mol. The van der Waals surface area contributed by atoms with Crippen LogP contribution in [0.25, 0.3) is 0 Å². The zero-order valence-electron chi connectivity index (χ0n) is 19.0. The molecular formula is C29H29NO2S. The monoisotopic (exact) mass is 455 g/mol. The normalized spacial score (nSPS) is 16.4. The van der Waals surface area contributed by atoms with Gasteiger partial charge in [-0.25, -0.2) is 0 Å². The van der Waals surface area contributed by atoms with Gasteiger partial charge in [0.15, 0.2) is 0 Å². The molecule has 1 saturated carbocycles. The molecule has 168 valence electrons. The van der Waals surface area contributed by atoms with Crippen molar-refractivity contribution in [1.29, 1.82) is 0 Å². The van der Waals surface area contributed by atoms with Gasteiger partial charge in [0.05, 0.1) is 11.1 Å². The summed E-state index contributed by atoms with van der Waals surface area (Å²) in [5.74, 6) is -0.286. The van der Waals surface area contributed by atoms with Crippen LogP contribution in [0.5, 0.6) is 0 Å². The van der Waals surface area contributed by atoms with Gasteiger partial charge in [-0.3, -0.25) is 14.5 Å². The van der Waals surface area contributed by atoms with Crippen LogP contribution in [0.4, 0.5) is 0 Å². The second kappa shape index (κ2) is 9.18. The number of nitrogens with zero attached hydrogens (tertiary/aromatic N) is 1. The summed E-state index contributed by atoms with van der Waals surface area (Å²) in [6, 6.07) is 20.6. The summed E-state index contributed by atoms with van der Waals surface area (Å²) < 4.78 is 0. The maximum atomic E-state index is 13.6. The molecule has 0 unspecified atom stereocenters. The Bertz CT molecular complexity index is 1110. The number of amides is 2. The SMILES string of the molecule is Cc1c(Cc2ccccc2)c(Cc2ccccc2)c(S)c2c1C(=O)N(C1CCCCC1)C2=O. The van der Waals surface area contributed by atoms with E-state index in [-0.39, 0.29) is 17.9 Å². The summed E-state index contributed by atoms with van der Waals surface area (Å²) in [6.07, 6.45) is 6.52. The molecule has 1 aliphatic carbocycles. The highest BCUT2D eigenvalue weighted by molar-refractivity contribution is 7.80. The molecule has 33 heavy (non-hydrogen) atoms. The van der Waals surface area contributed by atoms with Crippen molar-refractivity contribution in [2.24, 2.45) is 0 Å². The van der Waals surface area contributed by atoms with Crippen LogP contribution in [0.15, 0.2) is 65.6 Å². The Balaban J connectivity index is 1.65. The van der Waals surface area contributed by atoms with Gasteiger partial charge in [0.2, 0.25) is 0 Å². The molecule has 3 aromatic carbocycles.